The third-order valence-electron chi connectivity index (χ3n) is 16.4. The van der Waals surface area contributed by atoms with Gasteiger partial charge in [0.2, 0.25) is 5.91 Å². The molecule has 5 fully saturated rings. The van der Waals surface area contributed by atoms with Crippen molar-refractivity contribution in [3.05, 3.63) is 12.2 Å². The summed E-state index contributed by atoms with van der Waals surface area (Å²) in [6, 6.07) is 0. The summed E-state index contributed by atoms with van der Waals surface area (Å²) >= 11 is 0. The molecule has 0 aromatic rings. The lowest BCUT2D eigenvalue weighted by Crippen LogP contribution is -2.67. The number of amides is 1. The fraction of sp³-hybridized carbons (Fsp3) is 0.905. The van der Waals surface area contributed by atoms with Crippen LogP contribution in [-0.4, -0.2) is 34.7 Å². The molecule has 268 valence electrons. The van der Waals surface area contributed by atoms with Crippen molar-refractivity contribution in [2.75, 3.05) is 6.54 Å². The molecule has 5 aliphatic rings. The first-order chi connectivity index (χ1) is 22.1. The van der Waals surface area contributed by atoms with Gasteiger partial charge in [0.25, 0.3) is 0 Å². The van der Waals surface area contributed by atoms with Crippen molar-refractivity contribution in [2.24, 2.45) is 56.7 Å². The number of hydrogen-bond donors (Lipinski definition) is 3. The molecule has 0 unspecified atom stereocenters. The molecular formula is C42H71NO4. The van der Waals surface area contributed by atoms with E-state index >= 15 is 0 Å². The lowest BCUT2D eigenvalue weighted by atomic mass is 9.32. The Morgan fingerprint density at radius 1 is 0.723 bits per heavy atom. The molecule has 5 rings (SSSR count). The number of carbonyl (C=O) groups is 2. The average Bonchev–Trinajstić information content (AvgIpc) is 3.41. The Morgan fingerprint density at radius 3 is 2.00 bits per heavy atom. The van der Waals surface area contributed by atoms with E-state index in [1.165, 1.54) is 63.4 Å². The molecule has 5 saturated carbocycles. The van der Waals surface area contributed by atoms with Crippen LogP contribution in [0.4, 0.5) is 0 Å². The quantitative estimate of drug-likeness (QED) is 0.129. The van der Waals surface area contributed by atoms with Gasteiger partial charge in [-0.05, 0) is 135 Å². The fourth-order valence-electron chi connectivity index (χ4n) is 13.5. The van der Waals surface area contributed by atoms with Gasteiger partial charge in [-0.25, -0.2) is 0 Å². The molecule has 47 heavy (non-hydrogen) atoms. The van der Waals surface area contributed by atoms with Crippen molar-refractivity contribution in [3.63, 3.8) is 0 Å². The van der Waals surface area contributed by atoms with Gasteiger partial charge in [-0.1, -0.05) is 91.7 Å². The Kier molecular flexibility index (Phi) is 11.1. The highest BCUT2D eigenvalue weighted by atomic mass is 16.4. The maximum Gasteiger partial charge on any atom is 0.303 e. The highest BCUT2D eigenvalue weighted by molar-refractivity contribution is 5.83. The molecule has 0 saturated heterocycles. The van der Waals surface area contributed by atoms with Crippen molar-refractivity contribution in [1.82, 2.24) is 5.32 Å². The first-order valence-corrected chi connectivity index (χ1v) is 20.0. The van der Waals surface area contributed by atoms with Crippen LogP contribution in [-0.2, 0) is 9.59 Å². The van der Waals surface area contributed by atoms with Crippen LogP contribution in [0.1, 0.15) is 170 Å². The van der Waals surface area contributed by atoms with Gasteiger partial charge in [0, 0.05) is 13.0 Å². The molecule has 0 aliphatic heterocycles. The predicted octanol–water partition coefficient (Wildman–Crippen LogP) is 10.1. The highest BCUT2D eigenvalue weighted by Gasteiger charge is 2.71. The Bertz CT molecular complexity index is 1150. The number of unbranched alkanes of at least 4 members (excludes halogenated alkanes) is 8. The number of rotatable bonds is 14. The van der Waals surface area contributed by atoms with Gasteiger partial charge in [0.1, 0.15) is 0 Å². The van der Waals surface area contributed by atoms with Gasteiger partial charge in [-0.3, -0.25) is 9.59 Å². The number of aliphatic carboxylic acids is 1. The molecule has 10 atom stereocenters. The molecular weight excluding hydrogens is 582 g/mol. The van der Waals surface area contributed by atoms with Gasteiger partial charge in [-0.15, -0.1) is 0 Å². The summed E-state index contributed by atoms with van der Waals surface area (Å²) in [5.74, 6) is 2.35. The molecule has 1 amide bonds. The minimum Gasteiger partial charge on any atom is -0.481 e. The summed E-state index contributed by atoms with van der Waals surface area (Å²) < 4.78 is 0. The molecule has 5 aliphatic carbocycles. The molecule has 0 heterocycles. The maximum absolute atomic E-state index is 14.4. The number of allylic oxidation sites excluding steroid dienone is 1. The SMILES string of the molecule is C=C(C)[C@@H]1CC[C@]2(C(=O)NCCCCCCCCCCCC(=O)O)CC[C@]3(C)[C@H](CC[C@@H]4[C@@]5(C)CC[C@H](O)C(C)(C)[C@@H]5CC[C@]43C)[C@@H]12. The zero-order chi connectivity index (χ0) is 34.3. The monoisotopic (exact) mass is 654 g/mol. The zero-order valence-electron chi connectivity index (χ0n) is 31.2. The number of aliphatic hydroxyl groups is 1. The summed E-state index contributed by atoms with van der Waals surface area (Å²) in [4.78, 5) is 25.0. The maximum atomic E-state index is 14.4. The zero-order valence-corrected chi connectivity index (χ0v) is 31.2. The third-order valence-corrected chi connectivity index (χ3v) is 16.4. The second-order valence-corrected chi connectivity index (χ2v) is 18.8. The van der Waals surface area contributed by atoms with Gasteiger partial charge in [-0.2, -0.15) is 0 Å². The minimum atomic E-state index is -0.683. The van der Waals surface area contributed by atoms with E-state index < -0.39 is 5.97 Å². The Balaban J connectivity index is 1.21. The van der Waals surface area contributed by atoms with Crippen LogP contribution in [0, 0.1) is 56.7 Å². The largest absolute Gasteiger partial charge is 0.481 e. The highest BCUT2D eigenvalue weighted by Crippen LogP contribution is 2.77. The van der Waals surface area contributed by atoms with Crippen molar-refractivity contribution in [2.45, 2.75) is 176 Å². The Labute approximate surface area is 287 Å². The van der Waals surface area contributed by atoms with E-state index in [9.17, 15) is 14.7 Å². The fourth-order valence-corrected chi connectivity index (χ4v) is 13.5. The minimum absolute atomic E-state index is 0.0209. The van der Waals surface area contributed by atoms with Crippen LogP contribution >= 0.6 is 0 Å². The lowest BCUT2D eigenvalue weighted by Gasteiger charge is -2.72. The number of hydrogen-bond acceptors (Lipinski definition) is 3. The third kappa shape index (κ3) is 6.40. The second-order valence-electron chi connectivity index (χ2n) is 18.8. The van der Waals surface area contributed by atoms with E-state index in [1.54, 1.807) is 0 Å². The summed E-state index contributed by atoms with van der Waals surface area (Å²) in [6.07, 6.45) is 21.6. The van der Waals surface area contributed by atoms with Gasteiger partial charge < -0.3 is 15.5 Å². The number of fused-ring (bicyclic) bond motifs is 7. The molecule has 0 spiro atoms. The number of carboxylic acid groups (broad SMARTS) is 1. The van der Waals surface area contributed by atoms with E-state index in [2.05, 4.69) is 53.4 Å². The normalized spacial score (nSPS) is 42.0. The van der Waals surface area contributed by atoms with Crippen LogP contribution in [0.3, 0.4) is 0 Å². The summed E-state index contributed by atoms with van der Waals surface area (Å²) in [5, 5.41) is 23.3. The van der Waals surface area contributed by atoms with Gasteiger partial charge in [0.15, 0.2) is 0 Å². The summed E-state index contributed by atoms with van der Waals surface area (Å²) in [7, 11) is 0. The number of carbonyl (C=O) groups excluding carboxylic acids is 1. The first-order valence-electron chi connectivity index (χ1n) is 20.0. The van der Waals surface area contributed by atoms with Crippen LogP contribution in [0.2, 0.25) is 0 Å². The van der Waals surface area contributed by atoms with Crippen LogP contribution in [0.5, 0.6) is 0 Å². The van der Waals surface area contributed by atoms with E-state index in [4.69, 9.17) is 5.11 Å². The Hall–Kier alpha value is -1.36. The molecule has 5 nitrogen and oxygen atoms in total. The second kappa shape index (κ2) is 14.1. The average molecular weight is 654 g/mol. The summed E-state index contributed by atoms with van der Waals surface area (Å²) in [5.41, 5.74) is 1.81. The van der Waals surface area contributed by atoms with Crippen molar-refractivity contribution in [1.29, 1.82) is 0 Å². The number of aliphatic hydroxyl groups excluding tert-OH is 1. The Morgan fingerprint density at radius 2 is 1.36 bits per heavy atom. The molecule has 0 bridgehead atoms. The number of nitrogens with one attached hydrogen (secondary N) is 1. The first kappa shape index (κ1) is 36.9. The summed E-state index contributed by atoms with van der Waals surface area (Å²) in [6.45, 7) is 20.2. The van der Waals surface area contributed by atoms with Gasteiger partial charge >= 0.3 is 5.97 Å². The lowest BCUT2D eigenvalue weighted by molar-refractivity contribution is -0.246. The smallest absolute Gasteiger partial charge is 0.303 e. The van der Waals surface area contributed by atoms with Crippen molar-refractivity contribution < 1.29 is 19.8 Å². The standard InChI is InChI=1S/C42H71NO4/c1-29(2)30-20-25-42(37(47)43-28-16-14-12-10-8-9-11-13-15-17-35(45)46)27-26-40(6)31(36(30)42)18-19-33-39(5)23-22-34(44)38(3,4)32(39)21-24-41(33,40)7/h30-34,36,44H,1,8-28H2,2-7H3,(H,43,47)(H,45,46)/t30-,31+,32-,33+,34-,36+,39-,40+,41+,42-/m0/s1. The molecule has 0 aromatic heterocycles. The van der Waals surface area contributed by atoms with Gasteiger partial charge in [0.05, 0.1) is 11.5 Å². The van der Waals surface area contributed by atoms with E-state index in [0.717, 1.165) is 70.8 Å². The molecule has 5 heteroatoms. The topological polar surface area (TPSA) is 86.6 Å². The van der Waals surface area contributed by atoms with E-state index in [1.807, 2.05) is 0 Å². The van der Waals surface area contributed by atoms with Crippen molar-refractivity contribution in [3.8, 4) is 0 Å². The van der Waals surface area contributed by atoms with Crippen LogP contribution in [0.15, 0.2) is 12.2 Å². The number of carboxylic acids is 1. The van der Waals surface area contributed by atoms with E-state index in [0.29, 0.717) is 41.9 Å². The predicted molar refractivity (Wildman–Crippen MR) is 192 cm³/mol. The molecule has 0 aromatic carbocycles. The van der Waals surface area contributed by atoms with Crippen LogP contribution in [0.25, 0.3) is 0 Å². The molecule has 0 radical (unpaired) electrons. The van der Waals surface area contributed by atoms with Crippen molar-refractivity contribution >= 4 is 11.9 Å². The van der Waals surface area contributed by atoms with Crippen LogP contribution < -0.4 is 5.32 Å². The molecule has 3 N–H and O–H groups in total. The van der Waals surface area contributed by atoms with E-state index in [-0.39, 0.29) is 33.2 Å².